The fraction of sp³-hybridized carbons (Fsp3) is 0.273. The average molecular weight is 423 g/mol. The van der Waals surface area contributed by atoms with Crippen LogP contribution < -0.4 is 0 Å². The van der Waals surface area contributed by atoms with E-state index in [1.807, 2.05) is 18.2 Å². The number of nitro groups is 1. The number of rotatable bonds is 6. The number of amides is 1. The van der Waals surface area contributed by atoms with Crippen LogP contribution in [0.15, 0.2) is 60.0 Å². The Hall–Kier alpha value is -3.10. The van der Waals surface area contributed by atoms with E-state index >= 15 is 0 Å². The van der Waals surface area contributed by atoms with Gasteiger partial charge < -0.3 is 4.90 Å². The Morgan fingerprint density at radius 3 is 2.47 bits per heavy atom. The third-order valence-electron chi connectivity index (χ3n) is 5.21. The number of nitro benzene ring substituents is 1. The molecule has 0 N–H and O–H groups in total. The van der Waals surface area contributed by atoms with Gasteiger partial charge in [-0.2, -0.15) is 0 Å². The molecule has 0 aliphatic carbocycles. The highest BCUT2D eigenvalue weighted by molar-refractivity contribution is 7.13. The maximum atomic E-state index is 12.6. The summed E-state index contributed by atoms with van der Waals surface area (Å²) in [6.07, 6.45) is 0.0592. The van der Waals surface area contributed by atoms with Gasteiger partial charge in [-0.15, -0.1) is 11.3 Å². The number of piperazine rings is 1. The molecule has 0 unspecified atom stereocenters. The highest BCUT2D eigenvalue weighted by Crippen LogP contribution is 2.24. The Kier molecular flexibility index (Phi) is 6.15. The normalized spacial score (nSPS) is 14.6. The van der Waals surface area contributed by atoms with Crippen LogP contribution in [0.4, 0.5) is 5.69 Å². The summed E-state index contributed by atoms with van der Waals surface area (Å²) in [5, 5.41) is 14.3. The summed E-state index contributed by atoms with van der Waals surface area (Å²) in [6, 6.07) is 16.6. The maximum Gasteiger partial charge on any atom is 0.273 e. The number of hydrogen-bond acceptors (Lipinski definition) is 6. The maximum absolute atomic E-state index is 12.6. The van der Waals surface area contributed by atoms with Crippen LogP contribution in [-0.4, -0.2) is 51.8 Å². The summed E-state index contributed by atoms with van der Waals surface area (Å²) in [5.41, 5.74) is 2.63. The first-order valence-electron chi connectivity index (χ1n) is 9.82. The van der Waals surface area contributed by atoms with Gasteiger partial charge in [0.05, 0.1) is 17.0 Å². The molecule has 1 saturated heterocycles. The molecule has 1 amide bonds. The Labute approximate surface area is 178 Å². The second-order valence-electron chi connectivity index (χ2n) is 7.23. The molecule has 0 bridgehead atoms. The Morgan fingerprint density at radius 2 is 1.73 bits per heavy atom. The van der Waals surface area contributed by atoms with E-state index in [0.717, 1.165) is 35.9 Å². The lowest BCUT2D eigenvalue weighted by Gasteiger charge is -2.34. The molecule has 4 rings (SSSR count). The van der Waals surface area contributed by atoms with Crippen molar-refractivity contribution in [2.24, 2.45) is 0 Å². The van der Waals surface area contributed by atoms with Gasteiger partial charge in [0.2, 0.25) is 5.91 Å². The molecule has 7 nitrogen and oxygen atoms in total. The predicted octanol–water partition coefficient (Wildman–Crippen LogP) is 3.61. The van der Waals surface area contributed by atoms with Crippen LogP contribution >= 0.6 is 11.3 Å². The fourth-order valence-electron chi connectivity index (χ4n) is 3.59. The fourth-order valence-corrected chi connectivity index (χ4v) is 4.41. The number of benzene rings is 2. The number of hydrogen-bond donors (Lipinski definition) is 0. The van der Waals surface area contributed by atoms with Gasteiger partial charge in [0, 0.05) is 55.3 Å². The van der Waals surface area contributed by atoms with Crippen molar-refractivity contribution in [3.8, 4) is 10.6 Å². The molecule has 0 spiro atoms. The Morgan fingerprint density at radius 1 is 1.03 bits per heavy atom. The lowest BCUT2D eigenvalue weighted by molar-refractivity contribution is -0.385. The van der Waals surface area contributed by atoms with E-state index in [1.165, 1.54) is 6.07 Å². The van der Waals surface area contributed by atoms with Gasteiger partial charge in [-0.1, -0.05) is 48.5 Å². The van der Waals surface area contributed by atoms with Gasteiger partial charge in [-0.05, 0) is 0 Å². The topological polar surface area (TPSA) is 79.6 Å². The van der Waals surface area contributed by atoms with E-state index in [4.69, 9.17) is 4.98 Å². The van der Waals surface area contributed by atoms with Crippen molar-refractivity contribution in [3.05, 3.63) is 81.3 Å². The molecule has 1 aliphatic heterocycles. The molecule has 0 atom stereocenters. The highest BCUT2D eigenvalue weighted by Gasteiger charge is 2.24. The predicted molar refractivity (Wildman–Crippen MR) is 116 cm³/mol. The van der Waals surface area contributed by atoms with E-state index in [0.29, 0.717) is 18.7 Å². The first-order valence-corrected chi connectivity index (χ1v) is 10.7. The Bertz CT molecular complexity index is 1030. The smallest absolute Gasteiger partial charge is 0.273 e. The number of carbonyl (C=O) groups excluding carboxylic acids is 1. The quantitative estimate of drug-likeness (QED) is 0.448. The van der Waals surface area contributed by atoms with E-state index in [2.05, 4.69) is 22.4 Å². The van der Waals surface area contributed by atoms with E-state index in [1.54, 1.807) is 34.4 Å². The molecule has 154 valence electrons. The monoisotopic (exact) mass is 422 g/mol. The molecular formula is C22H22N4O3S. The van der Waals surface area contributed by atoms with Gasteiger partial charge in [-0.3, -0.25) is 19.8 Å². The van der Waals surface area contributed by atoms with Gasteiger partial charge in [-0.25, -0.2) is 4.98 Å². The summed E-state index contributed by atoms with van der Waals surface area (Å²) in [5.74, 6) is -0.0658. The molecule has 8 heteroatoms. The molecular weight excluding hydrogens is 400 g/mol. The van der Waals surface area contributed by atoms with Crippen molar-refractivity contribution in [3.63, 3.8) is 0 Å². The zero-order valence-corrected chi connectivity index (χ0v) is 17.3. The average Bonchev–Trinajstić information content (AvgIpc) is 3.23. The number of carbonyl (C=O) groups is 1. The van der Waals surface area contributed by atoms with Crippen LogP contribution in [-0.2, 0) is 17.8 Å². The van der Waals surface area contributed by atoms with Gasteiger partial charge in [0.15, 0.2) is 0 Å². The summed E-state index contributed by atoms with van der Waals surface area (Å²) in [6.45, 7) is 3.53. The minimum atomic E-state index is -0.432. The van der Waals surface area contributed by atoms with Crippen molar-refractivity contribution >= 4 is 22.9 Å². The molecule has 2 aromatic carbocycles. The van der Waals surface area contributed by atoms with E-state index < -0.39 is 4.92 Å². The van der Waals surface area contributed by atoms with E-state index in [-0.39, 0.29) is 18.0 Å². The molecule has 0 radical (unpaired) electrons. The van der Waals surface area contributed by atoms with Crippen LogP contribution in [0.5, 0.6) is 0 Å². The van der Waals surface area contributed by atoms with Crippen molar-refractivity contribution in [2.45, 2.75) is 13.0 Å². The second-order valence-corrected chi connectivity index (χ2v) is 8.09. The van der Waals surface area contributed by atoms with Crippen molar-refractivity contribution in [1.29, 1.82) is 0 Å². The van der Waals surface area contributed by atoms with Gasteiger partial charge >= 0.3 is 0 Å². The van der Waals surface area contributed by atoms with Crippen LogP contribution in [0.2, 0.25) is 0 Å². The number of nitrogens with zero attached hydrogens (tertiary/aromatic N) is 4. The third-order valence-corrected chi connectivity index (χ3v) is 6.15. The number of aromatic nitrogens is 1. The molecule has 1 fully saturated rings. The zero-order valence-electron chi connectivity index (χ0n) is 16.4. The minimum absolute atomic E-state index is 0.00207. The van der Waals surface area contributed by atoms with Gasteiger partial charge in [0.1, 0.15) is 5.01 Å². The minimum Gasteiger partial charge on any atom is -0.340 e. The zero-order chi connectivity index (χ0) is 20.9. The summed E-state index contributed by atoms with van der Waals surface area (Å²) < 4.78 is 0. The highest BCUT2D eigenvalue weighted by atomic mass is 32.1. The SMILES string of the molecule is O=C(Cc1ccccc1[N+](=O)[O-])N1CCN(Cc2csc(-c3ccccc3)n2)CC1. The first kappa shape index (κ1) is 20.2. The molecule has 2 heterocycles. The third kappa shape index (κ3) is 4.72. The Balaban J connectivity index is 1.31. The lowest BCUT2D eigenvalue weighted by Crippen LogP contribution is -2.48. The summed E-state index contributed by atoms with van der Waals surface area (Å²) >= 11 is 1.64. The lowest BCUT2D eigenvalue weighted by atomic mass is 10.1. The van der Waals surface area contributed by atoms with Crippen LogP contribution in [0.3, 0.4) is 0 Å². The second kappa shape index (κ2) is 9.15. The van der Waals surface area contributed by atoms with E-state index in [9.17, 15) is 14.9 Å². The van der Waals surface area contributed by atoms with Gasteiger partial charge in [0.25, 0.3) is 5.69 Å². The number of thiazole rings is 1. The van der Waals surface area contributed by atoms with Crippen LogP contribution in [0.1, 0.15) is 11.3 Å². The summed E-state index contributed by atoms with van der Waals surface area (Å²) in [7, 11) is 0. The molecule has 0 saturated carbocycles. The molecule has 1 aliphatic rings. The molecule has 1 aromatic heterocycles. The molecule has 3 aromatic rings. The van der Waals surface area contributed by atoms with Crippen LogP contribution in [0, 0.1) is 10.1 Å². The summed E-state index contributed by atoms with van der Waals surface area (Å²) in [4.78, 5) is 32.2. The van der Waals surface area contributed by atoms with Crippen molar-refractivity contribution < 1.29 is 9.72 Å². The molecule has 30 heavy (non-hydrogen) atoms. The number of para-hydroxylation sites is 1. The standard InChI is InChI=1S/C22H22N4O3S/c27-21(14-18-8-4-5-9-20(18)26(28)29)25-12-10-24(11-13-25)15-19-16-30-22(23-19)17-6-2-1-3-7-17/h1-9,16H,10-15H2. The van der Waals surface area contributed by atoms with Crippen molar-refractivity contribution in [2.75, 3.05) is 26.2 Å². The van der Waals surface area contributed by atoms with Crippen LogP contribution in [0.25, 0.3) is 10.6 Å². The largest absolute Gasteiger partial charge is 0.340 e. The van der Waals surface area contributed by atoms with Crippen molar-refractivity contribution in [1.82, 2.24) is 14.8 Å². The first-order chi connectivity index (χ1) is 14.6.